The molecule has 0 heterocycles. The van der Waals surface area contributed by atoms with E-state index in [1.807, 2.05) is 0 Å². The number of hydrogen-bond donors (Lipinski definition) is 2. The van der Waals surface area contributed by atoms with E-state index in [2.05, 4.69) is 12.2 Å². The molecule has 1 aliphatic rings. The van der Waals surface area contributed by atoms with Crippen molar-refractivity contribution in [2.75, 3.05) is 13.7 Å². The Labute approximate surface area is 114 Å². The van der Waals surface area contributed by atoms with Crippen LogP contribution in [-0.2, 0) is 14.3 Å². The van der Waals surface area contributed by atoms with Gasteiger partial charge in [0.1, 0.15) is 0 Å². The second kappa shape index (κ2) is 6.89. The van der Waals surface area contributed by atoms with Crippen LogP contribution in [0.4, 0.5) is 0 Å². The highest BCUT2D eigenvalue weighted by Crippen LogP contribution is 2.31. The lowest BCUT2D eigenvalue weighted by molar-refractivity contribution is -0.150. The van der Waals surface area contributed by atoms with E-state index >= 15 is 0 Å². The summed E-state index contributed by atoms with van der Waals surface area (Å²) in [6.07, 6.45) is 4.98. The Morgan fingerprint density at radius 3 is 2.32 bits per heavy atom. The zero-order chi connectivity index (χ0) is 14.5. The van der Waals surface area contributed by atoms with Crippen LogP contribution in [0.2, 0.25) is 0 Å². The summed E-state index contributed by atoms with van der Waals surface area (Å²) in [4.78, 5) is 23.4. The minimum absolute atomic E-state index is 0.0294. The Morgan fingerprint density at radius 1 is 1.32 bits per heavy atom. The molecule has 0 spiro atoms. The van der Waals surface area contributed by atoms with E-state index in [0.717, 1.165) is 32.1 Å². The van der Waals surface area contributed by atoms with Gasteiger partial charge in [0.05, 0.1) is 6.61 Å². The van der Waals surface area contributed by atoms with Gasteiger partial charge in [-0.2, -0.15) is 0 Å². The molecule has 0 radical (unpaired) electrons. The molecule has 1 atom stereocenters. The zero-order valence-corrected chi connectivity index (χ0v) is 12.1. The fourth-order valence-electron chi connectivity index (χ4n) is 2.65. The van der Waals surface area contributed by atoms with Gasteiger partial charge in [-0.05, 0) is 38.5 Å². The number of rotatable bonds is 6. The number of carboxylic acids is 1. The summed E-state index contributed by atoms with van der Waals surface area (Å²) < 4.78 is 4.90. The van der Waals surface area contributed by atoms with Crippen molar-refractivity contribution in [1.29, 1.82) is 0 Å². The lowest BCUT2D eigenvalue weighted by Crippen LogP contribution is -2.56. The maximum absolute atomic E-state index is 12.2. The van der Waals surface area contributed by atoms with Gasteiger partial charge >= 0.3 is 5.97 Å². The van der Waals surface area contributed by atoms with E-state index in [-0.39, 0.29) is 18.4 Å². The SMILES string of the molecule is CCC1CCC(C(=O)NC(C)(COC)C(=O)O)CC1. The van der Waals surface area contributed by atoms with Crippen LogP contribution in [0, 0.1) is 11.8 Å². The van der Waals surface area contributed by atoms with Crippen molar-refractivity contribution in [1.82, 2.24) is 5.32 Å². The van der Waals surface area contributed by atoms with Crippen molar-refractivity contribution >= 4 is 11.9 Å². The van der Waals surface area contributed by atoms with Crippen molar-refractivity contribution in [2.45, 2.75) is 51.5 Å². The number of methoxy groups -OCH3 is 1. The fraction of sp³-hybridized carbons (Fsp3) is 0.857. The van der Waals surface area contributed by atoms with E-state index in [1.54, 1.807) is 0 Å². The predicted molar refractivity (Wildman–Crippen MR) is 71.8 cm³/mol. The number of hydrogen-bond acceptors (Lipinski definition) is 3. The summed E-state index contributed by atoms with van der Waals surface area (Å²) in [5.41, 5.74) is -1.34. The van der Waals surface area contributed by atoms with Gasteiger partial charge in [0, 0.05) is 13.0 Å². The first-order chi connectivity index (χ1) is 8.92. The summed E-state index contributed by atoms with van der Waals surface area (Å²) in [7, 11) is 1.43. The number of carbonyl (C=O) groups is 2. The van der Waals surface area contributed by atoms with Crippen molar-refractivity contribution in [3.63, 3.8) is 0 Å². The molecule has 0 bridgehead atoms. The third kappa shape index (κ3) is 4.20. The highest BCUT2D eigenvalue weighted by atomic mass is 16.5. The first-order valence-electron chi connectivity index (χ1n) is 6.97. The van der Waals surface area contributed by atoms with Crippen LogP contribution in [0.15, 0.2) is 0 Å². The maximum Gasteiger partial charge on any atom is 0.331 e. The van der Waals surface area contributed by atoms with Gasteiger partial charge in [0.25, 0.3) is 0 Å². The Balaban J connectivity index is 2.56. The Bertz CT molecular complexity index is 323. The second-order valence-electron chi connectivity index (χ2n) is 5.69. The zero-order valence-electron chi connectivity index (χ0n) is 12.1. The van der Waals surface area contributed by atoms with Crippen LogP contribution in [0.5, 0.6) is 0 Å². The average Bonchev–Trinajstić information content (AvgIpc) is 2.38. The summed E-state index contributed by atoms with van der Waals surface area (Å²) >= 11 is 0. The molecular weight excluding hydrogens is 246 g/mol. The first-order valence-corrected chi connectivity index (χ1v) is 6.97. The molecule has 0 saturated heterocycles. The number of carbonyl (C=O) groups excluding carboxylic acids is 1. The average molecular weight is 271 g/mol. The van der Waals surface area contributed by atoms with Crippen LogP contribution < -0.4 is 5.32 Å². The van der Waals surface area contributed by atoms with Crippen LogP contribution in [0.25, 0.3) is 0 Å². The normalized spacial score (nSPS) is 26.5. The fourth-order valence-corrected chi connectivity index (χ4v) is 2.65. The maximum atomic E-state index is 12.2. The molecule has 1 fully saturated rings. The monoisotopic (exact) mass is 271 g/mol. The third-order valence-electron chi connectivity index (χ3n) is 4.10. The van der Waals surface area contributed by atoms with Gasteiger partial charge in [-0.3, -0.25) is 4.79 Å². The van der Waals surface area contributed by atoms with Gasteiger partial charge < -0.3 is 15.2 Å². The molecule has 19 heavy (non-hydrogen) atoms. The molecule has 5 nitrogen and oxygen atoms in total. The lowest BCUT2D eigenvalue weighted by atomic mass is 9.80. The summed E-state index contributed by atoms with van der Waals surface area (Å²) in [6, 6.07) is 0. The molecule has 1 saturated carbocycles. The Kier molecular flexibility index (Phi) is 5.79. The molecule has 0 aliphatic heterocycles. The highest BCUT2D eigenvalue weighted by Gasteiger charge is 2.37. The highest BCUT2D eigenvalue weighted by molar-refractivity contribution is 5.87. The van der Waals surface area contributed by atoms with E-state index in [0.29, 0.717) is 5.92 Å². The van der Waals surface area contributed by atoms with Crippen molar-refractivity contribution < 1.29 is 19.4 Å². The molecule has 0 aromatic heterocycles. The van der Waals surface area contributed by atoms with Gasteiger partial charge in [-0.1, -0.05) is 13.3 Å². The van der Waals surface area contributed by atoms with Crippen LogP contribution in [0.3, 0.4) is 0 Å². The number of aliphatic carboxylic acids is 1. The molecule has 2 N–H and O–H groups in total. The van der Waals surface area contributed by atoms with Gasteiger partial charge in [-0.15, -0.1) is 0 Å². The second-order valence-corrected chi connectivity index (χ2v) is 5.69. The minimum Gasteiger partial charge on any atom is -0.479 e. The molecule has 1 rings (SSSR count). The number of carboxylic acid groups (broad SMARTS) is 1. The number of amides is 1. The van der Waals surface area contributed by atoms with Gasteiger partial charge in [0.15, 0.2) is 5.54 Å². The van der Waals surface area contributed by atoms with Crippen molar-refractivity contribution in [2.24, 2.45) is 11.8 Å². The largest absolute Gasteiger partial charge is 0.479 e. The van der Waals surface area contributed by atoms with Crippen LogP contribution in [0.1, 0.15) is 46.0 Å². The van der Waals surface area contributed by atoms with Gasteiger partial charge in [0.2, 0.25) is 5.91 Å². The van der Waals surface area contributed by atoms with E-state index in [4.69, 9.17) is 4.74 Å². The Morgan fingerprint density at radius 2 is 1.89 bits per heavy atom. The Hall–Kier alpha value is -1.10. The topological polar surface area (TPSA) is 75.6 Å². The number of ether oxygens (including phenoxy) is 1. The van der Waals surface area contributed by atoms with E-state index < -0.39 is 11.5 Å². The molecule has 1 aliphatic carbocycles. The lowest BCUT2D eigenvalue weighted by Gasteiger charge is -2.31. The molecule has 1 amide bonds. The van der Waals surface area contributed by atoms with Crippen LogP contribution in [-0.4, -0.2) is 36.2 Å². The van der Waals surface area contributed by atoms with Crippen LogP contribution >= 0.6 is 0 Å². The molecule has 5 heteroatoms. The third-order valence-corrected chi connectivity index (χ3v) is 4.10. The van der Waals surface area contributed by atoms with E-state index in [1.165, 1.54) is 14.0 Å². The molecule has 0 aromatic rings. The predicted octanol–water partition coefficient (Wildman–Crippen LogP) is 1.81. The summed E-state index contributed by atoms with van der Waals surface area (Å²) in [5, 5.41) is 11.8. The van der Waals surface area contributed by atoms with Gasteiger partial charge in [-0.25, -0.2) is 4.79 Å². The first kappa shape index (κ1) is 16.0. The molecule has 110 valence electrons. The minimum atomic E-state index is -1.34. The smallest absolute Gasteiger partial charge is 0.331 e. The molecule has 1 unspecified atom stereocenters. The number of nitrogens with one attached hydrogen (secondary N) is 1. The molecule has 0 aromatic carbocycles. The summed E-state index contributed by atoms with van der Waals surface area (Å²) in [5.74, 6) is -0.561. The summed E-state index contributed by atoms with van der Waals surface area (Å²) in [6.45, 7) is 3.62. The quantitative estimate of drug-likeness (QED) is 0.772. The standard InChI is InChI=1S/C14H25NO4/c1-4-10-5-7-11(8-6-10)12(16)15-14(2,9-19-3)13(17)18/h10-11H,4-9H2,1-3H3,(H,15,16)(H,17,18). The van der Waals surface area contributed by atoms with Crippen molar-refractivity contribution in [3.05, 3.63) is 0 Å². The molecular formula is C14H25NO4. The van der Waals surface area contributed by atoms with E-state index in [9.17, 15) is 14.7 Å². The van der Waals surface area contributed by atoms with Crippen molar-refractivity contribution in [3.8, 4) is 0 Å².